The van der Waals surface area contributed by atoms with Crippen molar-refractivity contribution in [3.8, 4) is 0 Å². The third kappa shape index (κ3) is 5.43. The Kier molecular flexibility index (Phi) is 6.68. The number of hydrogen-bond acceptors (Lipinski definition) is 3. The maximum absolute atomic E-state index is 11.9. The lowest BCUT2D eigenvalue weighted by atomic mass is 10.1. The largest absolute Gasteiger partial charge is 0.480 e. The summed E-state index contributed by atoms with van der Waals surface area (Å²) in [6.07, 6.45) is 0.889. The van der Waals surface area contributed by atoms with Crippen molar-refractivity contribution in [2.24, 2.45) is 0 Å². The van der Waals surface area contributed by atoms with Crippen molar-refractivity contribution < 1.29 is 19.4 Å². The van der Waals surface area contributed by atoms with Crippen molar-refractivity contribution in [1.29, 1.82) is 0 Å². The number of aryl methyl sites for hydroxylation is 2. The van der Waals surface area contributed by atoms with Crippen molar-refractivity contribution in [3.63, 3.8) is 0 Å². The molecule has 0 radical (unpaired) electrons. The zero-order chi connectivity index (χ0) is 15.8. The molecule has 6 heteroatoms. The molecule has 21 heavy (non-hydrogen) atoms. The second-order valence-electron chi connectivity index (χ2n) is 4.89. The van der Waals surface area contributed by atoms with Gasteiger partial charge in [0.15, 0.2) is 0 Å². The first-order valence-corrected chi connectivity index (χ1v) is 6.81. The maximum atomic E-state index is 11.9. The molecule has 0 saturated carbocycles. The van der Waals surface area contributed by atoms with Crippen molar-refractivity contribution in [3.05, 3.63) is 29.3 Å². The van der Waals surface area contributed by atoms with Gasteiger partial charge in [-0.3, -0.25) is 0 Å². The Labute approximate surface area is 124 Å². The Morgan fingerprint density at radius 3 is 2.43 bits per heavy atom. The Morgan fingerprint density at radius 1 is 1.29 bits per heavy atom. The van der Waals surface area contributed by atoms with Gasteiger partial charge in [0, 0.05) is 19.4 Å². The third-order valence-corrected chi connectivity index (χ3v) is 3.16. The monoisotopic (exact) mass is 294 g/mol. The van der Waals surface area contributed by atoms with Gasteiger partial charge in [-0.15, -0.1) is 0 Å². The quantitative estimate of drug-likeness (QED) is 0.673. The number of rotatable bonds is 7. The van der Waals surface area contributed by atoms with Crippen LogP contribution in [0.15, 0.2) is 18.2 Å². The van der Waals surface area contributed by atoms with E-state index in [4.69, 9.17) is 9.84 Å². The molecule has 0 aromatic heterocycles. The lowest BCUT2D eigenvalue weighted by Gasteiger charge is -2.17. The van der Waals surface area contributed by atoms with Crippen LogP contribution in [-0.2, 0) is 9.53 Å². The molecule has 0 spiro atoms. The number of carbonyl (C=O) groups is 2. The number of benzene rings is 1. The highest BCUT2D eigenvalue weighted by Crippen LogP contribution is 2.19. The summed E-state index contributed by atoms with van der Waals surface area (Å²) >= 11 is 0. The first-order chi connectivity index (χ1) is 9.95. The SMILES string of the molecule is COCCCC(NC(=O)Nc1c(C)cccc1C)C(=O)O. The average Bonchev–Trinajstić information content (AvgIpc) is 2.42. The van der Waals surface area contributed by atoms with Crippen LogP contribution in [0.3, 0.4) is 0 Å². The normalized spacial score (nSPS) is 11.8. The highest BCUT2D eigenvalue weighted by molar-refractivity contribution is 5.93. The van der Waals surface area contributed by atoms with E-state index in [-0.39, 0.29) is 0 Å². The lowest BCUT2D eigenvalue weighted by Crippen LogP contribution is -2.43. The van der Waals surface area contributed by atoms with Crippen molar-refractivity contribution in [1.82, 2.24) is 5.32 Å². The fraction of sp³-hybridized carbons (Fsp3) is 0.467. The molecule has 1 unspecified atom stereocenters. The smallest absolute Gasteiger partial charge is 0.326 e. The minimum absolute atomic E-state index is 0.323. The van der Waals surface area contributed by atoms with E-state index in [0.29, 0.717) is 25.1 Å². The number of ether oxygens (including phenoxy) is 1. The Morgan fingerprint density at radius 2 is 1.90 bits per heavy atom. The number of nitrogens with one attached hydrogen (secondary N) is 2. The molecular weight excluding hydrogens is 272 g/mol. The predicted octanol–water partition coefficient (Wildman–Crippen LogP) is 2.30. The average molecular weight is 294 g/mol. The number of carbonyl (C=O) groups excluding carboxylic acids is 1. The summed E-state index contributed by atoms with van der Waals surface area (Å²) in [6, 6.07) is 4.23. The summed E-state index contributed by atoms with van der Waals surface area (Å²) in [5.41, 5.74) is 2.56. The third-order valence-electron chi connectivity index (χ3n) is 3.16. The summed E-state index contributed by atoms with van der Waals surface area (Å²) in [6.45, 7) is 4.23. The maximum Gasteiger partial charge on any atom is 0.326 e. The predicted molar refractivity (Wildman–Crippen MR) is 80.6 cm³/mol. The van der Waals surface area contributed by atoms with Gasteiger partial charge >= 0.3 is 12.0 Å². The van der Waals surface area contributed by atoms with E-state index in [0.717, 1.165) is 11.1 Å². The number of anilines is 1. The standard InChI is InChI=1S/C15H22N2O4/c1-10-6-4-7-11(2)13(10)17-15(20)16-12(14(18)19)8-5-9-21-3/h4,6-7,12H,5,8-9H2,1-3H3,(H,18,19)(H2,16,17,20). The molecule has 0 saturated heterocycles. The minimum Gasteiger partial charge on any atom is -0.480 e. The molecule has 3 N–H and O–H groups in total. The van der Waals surface area contributed by atoms with E-state index in [1.54, 1.807) is 7.11 Å². The second-order valence-corrected chi connectivity index (χ2v) is 4.89. The minimum atomic E-state index is -1.05. The highest BCUT2D eigenvalue weighted by Gasteiger charge is 2.19. The van der Waals surface area contributed by atoms with Crippen LogP contribution in [0.4, 0.5) is 10.5 Å². The number of carboxylic acid groups (broad SMARTS) is 1. The number of urea groups is 1. The molecular formula is C15H22N2O4. The number of amides is 2. The van der Waals surface area contributed by atoms with E-state index in [2.05, 4.69) is 10.6 Å². The van der Waals surface area contributed by atoms with Crippen molar-refractivity contribution in [2.75, 3.05) is 19.0 Å². The van der Waals surface area contributed by atoms with Crippen LogP contribution in [0.25, 0.3) is 0 Å². The Balaban J connectivity index is 2.63. The molecule has 1 rings (SSSR count). The van der Waals surface area contributed by atoms with Crippen molar-refractivity contribution >= 4 is 17.7 Å². The Bertz CT molecular complexity index is 482. The van der Waals surface area contributed by atoms with Crippen LogP contribution < -0.4 is 10.6 Å². The molecule has 1 atom stereocenters. The van der Waals surface area contributed by atoms with Crippen LogP contribution >= 0.6 is 0 Å². The van der Waals surface area contributed by atoms with Crippen LogP contribution in [0, 0.1) is 13.8 Å². The van der Waals surface area contributed by atoms with E-state index in [1.807, 2.05) is 32.0 Å². The second kappa shape index (κ2) is 8.26. The van der Waals surface area contributed by atoms with Gasteiger partial charge in [-0.1, -0.05) is 18.2 Å². The molecule has 0 aliphatic rings. The lowest BCUT2D eigenvalue weighted by molar-refractivity contribution is -0.139. The number of methoxy groups -OCH3 is 1. The summed E-state index contributed by atoms with van der Waals surface area (Å²) in [4.78, 5) is 23.1. The van der Waals surface area contributed by atoms with Crippen LogP contribution in [0.2, 0.25) is 0 Å². The molecule has 0 fully saturated rings. The van der Waals surface area contributed by atoms with Crippen molar-refractivity contribution in [2.45, 2.75) is 32.7 Å². The van der Waals surface area contributed by atoms with Gasteiger partial charge in [-0.05, 0) is 37.8 Å². The molecule has 2 amide bonds. The topological polar surface area (TPSA) is 87.7 Å². The highest BCUT2D eigenvalue weighted by atomic mass is 16.5. The van der Waals surface area contributed by atoms with Gasteiger partial charge in [0.1, 0.15) is 6.04 Å². The molecule has 6 nitrogen and oxygen atoms in total. The Hall–Kier alpha value is -2.08. The molecule has 1 aromatic carbocycles. The van der Waals surface area contributed by atoms with E-state index < -0.39 is 18.0 Å². The number of aliphatic carboxylic acids is 1. The summed E-state index contributed by atoms with van der Waals surface area (Å²) in [5, 5.41) is 14.3. The van der Waals surface area contributed by atoms with Crippen LogP contribution in [0.1, 0.15) is 24.0 Å². The number of para-hydroxylation sites is 1. The fourth-order valence-electron chi connectivity index (χ4n) is 2.01. The van der Waals surface area contributed by atoms with Gasteiger partial charge in [0.2, 0.25) is 0 Å². The van der Waals surface area contributed by atoms with E-state index in [1.165, 1.54) is 0 Å². The first-order valence-electron chi connectivity index (χ1n) is 6.81. The molecule has 0 aliphatic heterocycles. The molecule has 0 bridgehead atoms. The summed E-state index contributed by atoms with van der Waals surface area (Å²) in [7, 11) is 1.55. The summed E-state index contributed by atoms with van der Waals surface area (Å²) in [5.74, 6) is -1.05. The van der Waals surface area contributed by atoms with Gasteiger partial charge < -0.3 is 20.5 Å². The zero-order valence-electron chi connectivity index (χ0n) is 12.6. The number of carboxylic acids is 1. The van der Waals surface area contributed by atoms with Gasteiger partial charge in [0.25, 0.3) is 0 Å². The number of hydrogen-bond donors (Lipinski definition) is 3. The van der Waals surface area contributed by atoms with Crippen LogP contribution in [-0.4, -0.2) is 36.9 Å². The van der Waals surface area contributed by atoms with E-state index >= 15 is 0 Å². The van der Waals surface area contributed by atoms with E-state index in [9.17, 15) is 9.59 Å². The van der Waals surface area contributed by atoms with Gasteiger partial charge in [-0.25, -0.2) is 9.59 Å². The zero-order valence-corrected chi connectivity index (χ0v) is 12.6. The molecule has 0 heterocycles. The first kappa shape index (κ1) is 17.0. The molecule has 0 aliphatic carbocycles. The molecule has 116 valence electrons. The van der Waals surface area contributed by atoms with Crippen LogP contribution in [0.5, 0.6) is 0 Å². The van der Waals surface area contributed by atoms with Gasteiger partial charge in [0.05, 0.1) is 0 Å². The summed E-state index contributed by atoms with van der Waals surface area (Å²) < 4.78 is 4.88. The molecule has 1 aromatic rings. The fourth-order valence-corrected chi connectivity index (χ4v) is 2.01. The van der Waals surface area contributed by atoms with Gasteiger partial charge in [-0.2, -0.15) is 0 Å².